The maximum atomic E-state index is 12.7. The minimum Gasteiger partial charge on any atom is -0.486 e. The van der Waals surface area contributed by atoms with Gasteiger partial charge in [0, 0.05) is 11.0 Å². The summed E-state index contributed by atoms with van der Waals surface area (Å²) in [6.45, 7) is 4.82. The molecule has 0 saturated heterocycles. The van der Waals surface area contributed by atoms with Crippen LogP contribution in [0, 0.1) is 5.92 Å². The van der Waals surface area contributed by atoms with Crippen LogP contribution in [0.5, 0.6) is 11.5 Å². The largest absolute Gasteiger partial charge is 0.486 e. The molecule has 1 atom stereocenters. The third-order valence-electron chi connectivity index (χ3n) is 4.43. The molecule has 156 valence electrons. The number of carbonyl (C=O) groups is 1. The molecule has 0 fully saturated rings. The van der Waals surface area contributed by atoms with Gasteiger partial charge in [0.15, 0.2) is 11.5 Å². The molecule has 1 aliphatic heterocycles. The standard InChI is InChI=1S/C20H23BrN2O5S/c1-13(2)19(23-29(25,26)16-6-4-15(21)5-7-16)20(24)22-12-14-3-8-17-18(11-14)28-10-9-27-17/h3-8,11,13,19,23H,9-10,12H2,1-2H3,(H,22,24)/t19-/m0/s1. The minimum atomic E-state index is -3.83. The number of rotatable bonds is 7. The first-order valence-electron chi connectivity index (χ1n) is 9.20. The number of ether oxygens (including phenoxy) is 2. The van der Waals surface area contributed by atoms with Crippen LogP contribution < -0.4 is 19.5 Å². The molecule has 0 unspecified atom stereocenters. The molecule has 0 bridgehead atoms. The van der Waals surface area contributed by atoms with E-state index in [1.165, 1.54) is 12.1 Å². The van der Waals surface area contributed by atoms with E-state index in [-0.39, 0.29) is 17.4 Å². The number of benzene rings is 2. The van der Waals surface area contributed by atoms with E-state index >= 15 is 0 Å². The molecule has 2 aromatic carbocycles. The van der Waals surface area contributed by atoms with Gasteiger partial charge in [-0.05, 0) is 47.9 Å². The van der Waals surface area contributed by atoms with E-state index < -0.39 is 22.0 Å². The SMILES string of the molecule is CC(C)[C@H](NS(=O)(=O)c1ccc(Br)cc1)C(=O)NCc1ccc2c(c1)OCCO2. The van der Waals surface area contributed by atoms with Crippen molar-refractivity contribution >= 4 is 31.9 Å². The van der Waals surface area contributed by atoms with Crippen molar-refractivity contribution in [3.05, 3.63) is 52.5 Å². The Morgan fingerprint density at radius 2 is 1.72 bits per heavy atom. The lowest BCUT2D eigenvalue weighted by molar-refractivity contribution is -0.123. The highest BCUT2D eigenvalue weighted by Crippen LogP contribution is 2.30. The highest BCUT2D eigenvalue weighted by molar-refractivity contribution is 9.10. The lowest BCUT2D eigenvalue weighted by Crippen LogP contribution is -2.49. The number of halogens is 1. The predicted molar refractivity (Wildman–Crippen MR) is 112 cm³/mol. The first kappa shape index (κ1) is 21.6. The van der Waals surface area contributed by atoms with Gasteiger partial charge in [-0.2, -0.15) is 4.72 Å². The second-order valence-corrected chi connectivity index (χ2v) is 9.62. The van der Waals surface area contributed by atoms with Crippen LogP contribution in [-0.4, -0.2) is 33.6 Å². The molecule has 2 N–H and O–H groups in total. The molecular weight excluding hydrogens is 460 g/mol. The number of fused-ring (bicyclic) bond motifs is 1. The van der Waals surface area contributed by atoms with Gasteiger partial charge >= 0.3 is 0 Å². The molecule has 1 amide bonds. The van der Waals surface area contributed by atoms with E-state index in [0.29, 0.717) is 24.7 Å². The number of nitrogens with one attached hydrogen (secondary N) is 2. The molecule has 0 saturated carbocycles. The van der Waals surface area contributed by atoms with Crippen LogP contribution >= 0.6 is 15.9 Å². The Kier molecular flexibility index (Phi) is 6.81. The Labute approximate surface area is 179 Å². The zero-order chi connectivity index (χ0) is 21.0. The highest BCUT2D eigenvalue weighted by atomic mass is 79.9. The summed E-state index contributed by atoms with van der Waals surface area (Å²) in [5, 5.41) is 2.80. The maximum absolute atomic E-state index is 12.7. The van der Waals surface area contributed by atoms with E-state index in [2.05, 4.69) is 26.0 Å². The van der Waals surface area contributed by atoms with Crippen molar-refractivity contribution in [2.45, 2.75) is 31.3 Å². The van der Waals surface area contributed by atoms with E-state index in [9.17, 15) is 13.2 Å². The van der Waals surface area contributed by atoms with Crippen molar-refractivity contribution in [3.63, 3.8) is 0 Å². The minimum absolute atomic E-state index is 0.103. The molecule has 1 heterocycles. The first-order valence-corrected chi connectivity index (χ1v) is 11.5. The average Bonchev–Trinajstić information content (AvgIpc) is 2.70. The van der Waals surface area contributed by atoms with Crippen LogP contribution in [0.3, 0.4) is 0 Å². The van der Waals surface area contributed by atoms with E-state index in [4.69, 9.17) is 9.47 Å². The maximum Gasteiger partial charge on any atom is 0.241 e. The van der Waals surface area contributed by atoms with Crippen molar-refractivity contribution in [1.82, 2.24) is 10.0 Å². The van der Waals surface area contributed by atoms with Gasteiger partial charge in [0.05, 0.1) is 4.90 Å². The fourth-order valence-electron chi connectivity index (χ4n) is 2.84. The Balaban J connectivity index is 1.67. The van der Waals surface area contributed by atoms with Crippen molar-refractivity contribution in [3.8, 4) is 11.5 Å². The summed E-state index contributed by atoms with van der Waals surface area (Å²) in [4.78, 5) is 12.8. The molecule has 0 aromatic heterocycles. The van der Waals surface area contributed by atoms with Crippen LogP contribution in [0.15, 0.2) is 51.8 Å². The van der Waals surface area contributed by atoms with E-state index in [1.807, 2.05) is 12.1 Å². The summed E-state index contributed by atoms with van der Waals surface area (Å²) in [5.74, 6) is 0.684. The second kappa shape index (κ2) is 9.15. The number of amides is 1. The van der Waals surface area contributed by atoms with Crippen molar-refractivity contribution < 1.29 is 22.7 Å². The number of carbonyl (C=O) groups excluding carboxylic acids is 1. The molecule has 29 heavy (non-hydrogen) atoms. The summed E-state index contributed by atoms with van der Waals surface area (Å²) in [7, 11) is -3.83. The third-order valence-corrected chi connectivity index (χ3v) is 6.41. The van der Waals surface area contributed by atoms with Crippen LogP contribution in [0.25, 0.3) is 0 Å². The number of sulfonamides is 1. The normalized spacial score (nSPS) is 14.5. The van der Waals surface area contributed by atoms with Gasteiger partial charge in [0.2, 0.25) is 15.9 Å². The zero-order valence-electron chi connectivity index (χ0n) is 16.1. The van der Waals surface area contributed by atoms with Gasteiger partial charge < -0.3 is 14.8 Å². The number of hydrogen-bond acceptors (Lipinski definition) is 5. The first-order chi connectivity index (χ1) is 13.8. The molecular formula is C20H23BrN2O5S. The molecule has 2 aromatic rings. The number of hydrogen-bond donors (Lipinski definition) is 2. The van der Waals surface area contributed by atoms with Crippen LogP contribution in [0.2, 0.25) is 0 Å². The molecule has 9 heteroatoms. The quantitative estimate of drug-likeness (QED) is 0.632. The smallest absolute Gasteiger partial charge is 0.241 e. The third kappa shape index (κ3) is 5.49. The van der Waals surface area contributed by atoms with Gasteiger partial charge in [0.1, 0.15) is 19.3 Å². The highest BCUT2D eigenvalue weighted by Gasteiger charge is 2.28. The van der Waals surface area contributed by atoms with Crippen LogP contribution in [0.1, 0.15) is 19.4 Å². The molecule has 7 nitrogen and oxygen atoms in total. The van der Waals surface area contributed by atoms with Gasteiger partial charge in [-0.15, -0.1) is 0 Å². The Bertz CT molecular complexity index is 977. The van der Waals surface area contributed by atoms with Crippen molar-refractivity contribution in [2.24, 2.45) is 5.92 Å². The Morgan fingerprint density at radius 1 is 1.07 bits per heavy atom. The lowest BCUT2D eigenvalue weighted by Gasteiger charge is -2.22. The summed E-state index contributed by atoms with van der Waals surface area (Å²) in [6, 6.07) is 10.8. The van der Waals surface area contributed by atoms with E-state index in [0.717, 1.165) is 10.0 Å². The fourth-order valence-corrected chi connectivity index (χ4v) is 4.45. The van der Waals surface area contributed by atoms with Gasteiger partial charge in [-0.1, -0.05) is 35.8 Å². The summed E-state index contributed by atoms with van der Waals surface area (Å²) >= 11 is 3.28. The summed E-state index contributed by atoms with van der Waals surface area (Å²) in [6.07, 6.45) is 0. The summed E-state index contributed by atoms with van der Waals surface area (Å²) in [5.41, 5.74) is 0.834. The monoisotopic (exact) mass is 482 g/mol. The lowest BCUT2D eigenvalue weighted by atomic mass is 10.0. The molecule has 0 aliphatic carbocycles. The van der Waals surface area contributed by atoms with Gasteiger partial charge in [-0.25, -0.2) is 8.42 Å². The molecule has 0 radical (unpaired) electrons. The molecule has 1 aliphatic rings. The molecule has 0 spiro atoms. The van der Waals surface area contributed by atoms with Crippen LogP contribution in [-0.2, 0) is 21.4 Å². The second-order valence-electron chi connectivity index (χ2n) is 6.99. The predicted octanol–water partition coefficient (Wildman–Crippen LogP) is 2.84. The average molecular weight is 483 g/mol. The van der Waals surface area contributed by atoms with Gasteiger partial charge in [0.25, 0.3) is 0 Å². The van der Waals surface area contributed by atoms with Gasteiger partial charge in [-0.3, -0.25) is 4.79 Å². The Hall–Kier alpha value is -2.10. The van der Waals surface area contributed by atoms with E-state index in [1.54, 1.807) is 32.0 Å². The van der Waals surface area contributed by atoms with Crippen LogP contribution in [0.4, 0.5) is 0 Å². The Morgan fingerprint density at radius 3 is 2.38 bits per heavy atom. The summed E-state index contributed by atoms with van der Waals surface area (Å²) < 4.78 is 39.6. The molecule has 3 rings (SSSR count). The topological polar surface area (TPSA) is 93.7 Å². The van der Waals surface area contributed by atoms with Crippen molar-refractivity contribution in [1.29, 1.82) is 0 Å². The van der Waals surface area contributed by atoms with Crippen molar-refractivity contribution in [2.75, 3.05) is 13.2 Å². The fraction of sp³-hybridized carbons (Fsp3) is 0.350. The zero-order valence-corrected chi connectivity index (χ0v) is 18.5.